The van der Waals surface area contributed by atoms with E-state index in [1.807, 2.05) is 30.3 Å². The van der Waals surface area contributed by atoms with E-state index >= 15 is 0 Å². The first-order valence-electron chi connectivity index (χ1n) is 9.53. The van der Waals surface area contributed by atoms with Gasteiger partial charge in [-0.25, -0.2) is 0 Å². The summed E-state index contributed by atoms with van der Waals surface area (Å²) in [6, 6.07) is 25.1. The van der Waals surface area contributed by atoms with Gasteiger partial charge in [0, 0.05) is 18.3 Å². The molecule has 148 valence electrons. The van der Waals surface area contributed by atoms with Crippen LogP contribution in [0.5, 0.6) is 0 Å². The van der Waals surface area contributed by atoms with Gasteiger partial charge in [-0.15, -0.1) is 0 Å². The molecule has 29 heavy (non-hydrogen) atoms. The molecule has 0 heterocycles. The van der Waals surface area contributed by atoms with Gasteiger partial charge in [0.25, 0.3) is 5.91 Å². The Labute approximate surface area is 171 Å². The lowest BCUT2D eigenvalue weighted by atomic mass is 9.98. The van der Waals surface area contributed by atoms with E-state index in [0.717, 1.165) is 11.1 Å². The van der Waals surface area contributed by atoms with Crippen molar-refractivity contribution in [3.05, 3.63) is 101 Å². The van der Waals surface area contributed by atoms with Crippen LogP contribution in [-0.4, -0.2) is 25.4 Å². The van der Waals surface area contributed by atoms with Crippen molar-refractivity contribution in [2.45, 2.75) is 13.0 Å². The smallest absolute Gasteiger partial charge is 0.251 e. The van der Waals surface area contributed by atoms with Crippen LogP contribution in [-0.2, 0) is 4.79 Å². The van der Waals surface area contributed by atoms with E-state index in [4.69, 9.17) is 0 Å². The normalized spacial score (nSPS) is 11.5. The summed E-state index contributed by atoms with van der Waals surface area (Å²) in [7, 11) is 1.58. The summed E-state index contributed by atoms with van der Waals surface area (Å²) in [5.74, 6) is -0.306. The molecule has 1 atom stereocenters. The zero-order valence-electron chi connectivity index (χ0n) is 16.6. The van der Waals surface area contributed by atoms with Crippen molar-refractivity contribution in [3.63, 3.8) is 0 Å². The quantitative estimate of drug-likeness (QED) is 0.579. The number of hydrogen-bond acceptors (Lipinski definition) is 3. The fourth-order valence-corrected chi connectivity index (χ4v) is 3.08. The summed E-state index contributed by atoms with van der Waals surface area (Å²) in [6.07, 6.45) is 0. The summed E-state index contributed by atoms with van der Waals surface area (Å²) >= 11 is 0. The van der Waals surface area contributed by atoms with Crippen molar-refractivity contribution in [2.24, 2.45) is 0 Å². The maximum absolute atomic E-state index is 12.5. The monoisotopic (exact) mass is 387 g/mol. The number of hydrogen-bond donors (Lipinski definition) is 3. The van der Waals surface area contributed by atoms with E-state index in [0.29, 0.717) is 11.3 Å². The Morgan fingerprint density at radius 1 is 0.828 bits per heavy atom. The molecule has 0 spiro atoms. The van der Waals surface area contributed by atoms with E-state index in [9.17, 15) is 9.59 Å². The predicted octanol–water partition coefficient (Wildman–Crippen LogP) is 3.67. The summed E-state index contributed by atoms with van der Waals surface area (Å²) < 4.78 is 0. The molecule has 5 heteroatoms. The minimum absolute atomic E-state index is 0.0850. The van der Waals surface area contributed by atoms with Crippen LogP contribution in [0.4, 0.5) is 5.69 Å². The van der Waals surface area contributed by atoms with E-state index in [2.05, 4.69) is 47.1 Å². The van der Waals surface area contributed by atoms with Crippen LogP contribution in [0.2, 0.25) is 0 Å². The molecule has 0 unspecified atom stereocenters. The summed E-state index contributed by atoms with van der Waals surface area (Å²) in [4.78, 5) is 24.1. The van der Waals surface area contributed by atoms with Gasteiger partial charge in [-0.2, -0.15) is 0 Å². The first-order valence-corrected chi connectivity index (χ1v) is 9.53. The van der Waals surface area contributed by atoms with E-state index in [-0.39, 0.29) is 24.4 Å². The zero-order chi connectivity index (χ0) is 20.6. The number of aryl methyl sites for hydroxylation is 1. The third kappa shape index (κ3) is 5.53. The molecule has 0 aromatic heterocycles. The van der Waals surface area contributed by atoms with Gasteiger partial charge >= 0.3 is 0 Å². The lowest BCUT2D eigenvalue weighted by molar-refractivity contribution is -0.115. The fraction of sp³-hybridized carbons (Fsp3) is 0.167. The molecule has 0 aliphatic carbocycles. The Balaban J connectivity index is 1.66. The summed E-state index contributed by atoms with van der Waals surface area (Å²) in [5, 5.41) is 8.79. The van der Waals surface area contributed by atoms with Gasteiger partial charge in [0.1, 0.15) is 0 Å². The van der Waals surface area contributed by atoms with Gasteiger partial charge in [-0.05, 0) is 42.3 Å². The largest absolute Gasteiger partial charge is 0.355 e. The first-order chi connectivity index (χ1) is 14.1. The Morgan fingerprint density at radius 2 is 1.45 bits per heavy atom. The number of carbonyl (C=O) groups is 2. The highest BCUT2D eigenvalue weighted by atomic mass is 16.2. The van der Waals surface area contributed by atoms with Crippen LogP contribution in [0.1, 0.15) is 33.1 Å². The standard InChI is InChI=1S/C24H25N3O2/c1-17-8-10-19(11-9-17)23(18-6-4-3-5-7-18)26-16-22(28)27-21-14-12-20(13-15-21)24(29)25-2/h3-15,23,26H,16H2,1-2H3,(H,25,29)(H,27,28)/t23-/m0/s1. The topological polar surface area (TPSA) is 70.2 Å². The average Bonchev–Trinajstić information content (AvgIpc) is 2.76. The van der Waals surface area contributed by atoms with Crippen molar-refractivity contribution in [1.29, 1.82) is 0 Å². The Bertz CT molecular complexity index is 952. The van der Waals surface area contributed by atoms with Gasteiger partial charge in [-0.3, -0.25) is 14.9 Å². The minimum Gasteiger partial charge on any atom is -0.355 e. The van der Waals surface area contributed by atoms with Crippen molar-refractivity contribution in [3.8, 4) is 0 Å². The third-order valence-corrected chi connectivity index (χ3v) is 4.67. The number of amides is 2. The Hall–Kier alpha value is -3.44. The molecule has 3 aromatic rings. The van der Waals surface area contributed by atoms with Gasteiger partial charge in [0.05, 0.1) is 12.6 Å². The second-order valence-corrected chi connectivity index (χ2v) is 6.84. The van der Waals surface area contributed by atoms with Gasteiger partial charge in [0.2, 0.25) is 5.91 Å². The highest BCUT2D eigenvalue weighted by Crippen LogP contribution is 2.22. The lowest BCUT2D eigenvalue weighted by Gasteiger charge is -2.20. The molecule has 2 amide bonds. The Morgan fingerprint density at radius 3 is 2.07 bits per heavy atom. The molecule has 0 aliphatic rings. The van der Waals surface area contributed by atoms with Crippen LogP contribution >= 0.6 is 0 Å². The second kappa shape index (κ2) is 9.66. The number of nitrogens with one attached hydrogen (secondary N) is 3. The molecular formula is C24H25N3O2. The van der Waals surface area contributed by atoms with E-state index < -0.39 is 0 Å². The average molecular weight is 387 g/mol. The van der Waals surface area contributed by atoms with E-state index in [1.165, 1.54) is 5.56 Å². The maximum atomic E-state index is 12.5. The molecule has 3 aromatic carbocycles. The molecule has 0 bridgehead atoms. The minimum atomic E-state index is -0.159. The number of anilines is 1. The van der Waals surface area contributed by atoms with Crippen LogP contribution in [0.25, 0.3) is 0 Å². The number of carbonyl (C=O) groups excluding carboxylic acids is 2. The molecule has 5 nitrogen and oxygen atoms in total. The SMILES string of the molecule is CNC(=O)c1ccc(NC(=O)CN[C@@H](c2ccccc2)c2ccc(C)cc2)cc1. The lowest BCUT2D eigenvalue weighted by Crippen LogP contribution is -2.32. The highest BCUT2D eigenvalue weighted by Gasteiger charge is 2.15. The van der Waals surface area contributed by atoms with Crippen molar-refractivity contribution < 1.29 is 9.59 Å². The van der Waals surface area contributed by atoms with Crippen LogP contribution in [0.3, 0.4) is 0 Å². The number of benzene rings is 3. The van der Waals surface area contributed by atoms with Crippen molar-refractivity contribution in [2.75, 3.05) is 18.9 Å². The predicted molar refractivity (Wildman–Crippen MR) is 116 cm³/mol. The van der Waals surface area contributed by atoms with Crippen molar-refractivity contribution >= 4 is 17.5 Å². The fourth-order valence-electron chi connectivity index (χ4n) is 3.08. The Kier molecular flexibility index (Phi) is 6.76. The first kappa shape index (κ1) is 20.3. The molecule has 0 saturated carbocycles. The van der Waals surface area contributed by atoms with Gasteiger partial charge in [-0.1, -0.05) is 60.2 Å². The van der Waals surface area contributed by atoms with Gasteiger partial charge < -0.3 is 10.6 Å². The molecule has 0 aliphatic heterocycles. The van der Waals surface area contributed by atoms with Gasteiger partial charge in [0.15, 0.2) is 0 Å². The highest BCUT2D eigenvalue weighted by molar-refractivity contribution is 5.96. The van der Waals surface area contributed by atoms with Crippen molar-refractivity contribution in [1.82, 2.24) is 10.6 Å². The summed E-state index contributed by atoms with van der Waals surface area (Å²) in [6.45, 7) is 2.21. The third-order valence-electron chi connectivity index (χ3n) is 4.67. The summed E-state index contributed by atoms with van der Waals surface area (Å²) in [5.41, 5.74) is 4.59. The molecular weight excluding hydrogens is 362 g/mol. The van der Waals surface area contributed by atoms with E-state index in [1.54, 1.807) is 31.3 Å². The van der Waals surface area contributed by atoms with Crippen LogP contribution in [0.15, 0.2) is 78.9 Å². The second-order valence-electron chi connectivity index (χ2n) is 6.84. The van der Waals surface area contributed by atoms with Crippen LogP contribution in [0, 0.1) is 6.92 Å². The number of rotatable bonds is 7. The zero-order valence-corrected chi connectivity index (χ0v) is 16.6. The molecule has 0 saturated heterocycles. The maximum Gasteiger partial charge on any atom is 0.251 e. The van der Waals surface area contributed by atoms with Crippen LogP contribution < -0.4 is 16.0 Å². The molecule has 0 radical (unpaired) electrons. The molecule has 0 fully saturated rings. The molecule has 3 N–H and O–H groups in total. The molecule has 3 rings (SSSR count).